The van der Waals surface area contributed by atoms with Gasteiger partial charge in [0.05, 0.1) is 18.7 Å². The number of pyridine rings is 1. The van der Waals surface area contributed by atoms with E-state index >= 15 is 0 Å². The smallest absolute Gasteiger partial charge is 0.309 e. The highest BCUT2D eigenvalue weighted by molar-refractivity contribution is 5.72. The molecule has 0 aliphatic rings. The topological polar surface area (TPSA) is 42.4 Å². The van der Waals surface area contributed by atoms with Crippen LogP contribution >= 0.6 is 0 Å². The van der Waals surface area contributed by atoms with Crippen LogP contribution in [0.2, 0.25) is 0 Å². The van der Waals surface area contributed by atoms with E-state index in [0.717, 1.165) is 24.5 Å². The van der Waals surface area contributed by atoms with Gasteiger partial charge in [0.1, 0.15) is 0 Å². The Morgan fingerprint density at radius 2 is 2.22 bits per heavy atom. The van der Waals surface area contributed by atoms with Gasteiger partial charge in [-0.05, 0) is 25.6 Å². The molecule has 4 heteroatoms. The number of hydrogen-bond donors (Lipinski definition) is 0. The van der Waals surface area contributed by atoms with Crippen LogP contribution < -0.4 is 0 Å². The summed E-state index contributed by atoms with van der Waals surface area (Å²) in [4.78, 5) is 18.1. The molecule has 1 aromatic rings. The average molecular weight is 250 g/mol. The minimum atomic E-state index is -0.161. The van der Waals surface area contributed by atoms with Crippen LogP contribution in [-0.4, -0.2) is 36.1 Å². The highest BCUT2D eigenvalue weighted by atomic mass is 16.5. The molecular weight excluding hydrogens is 228 g/mol. The Morgan fingerprint density at radius 3 is 2.78 bits per heavy atom. The van der Waals surface area contributed by atoms with Crippen molar-refractivity contribution in [1.29, 1.82) is 0 Å². The van der Waals surface area contributed by atoms with E-state index in [1.165, 1.54) is 7.11 Å². The number of ether oxygens (including phenoxy) is 1. The van der Waals surface area contributed by atoms with Gasteiger partial charge in [-0.2, -0.15) is 0 Å². The lowest BCUT2D eigenvalue weighted by Crippen LogP contribution is -2.32. The highest BCUT2D eigenvalue weighted by Gasteiger charge is 2.17. The average Bonchev–Trinajstić information content (AvgIpc) is 2.36. The van der Waals surface area contributed by atoms with Crippen molar-refractivity contribution >= 4 is 5.97 Å². The molecule has 1 atom stereocenters. The Bertz CT molecular complexity index is 393. The van der Waals surface area contributed by atoms with E-state index in [4.69, 9.17) is 4.74 Å². The van der Waals surface area contributed by atoms with Crippen molar-refractivity contribution in [2.45, 2.75) is 27.3 Å². The number of rotatable bonds is 6. The third-order valence-electron chi connectivity index (χ3n) is 2.91. The molecule has 1 rings (SSSR count). The molecule has 0 aliphatic heterocycles. The van der Waals surface area contributed by atoms with Crippen LogP contribution in [0.25, 0.3) is 0 Å². The summed E-state index contributed by atoms with van der Waals surface area (Å²) in [5, 5.41) is 0. The molecule has 1 aromatic heterocycles. The van der Waals surface area contributed by atoms with Gasteiger partial charge in [0.25, 0.3) is 0 Å². The number of carbonyl (C=O) groups is 1. The first-order valence-corrected chi connectivity index (χ1v) is 6.29. The summed E-state index contributed by atoms with van der Waals surface area (Å²) >= 11 is 0. The van der Waals surface area contributed by atoms with Gasteiger partial charge in [0, 0.05) is 18.8 Å². The molecule has 0 N–H and O–H groups in total. The second kappa shape index (κ2) is 7.11. The van der Waals surface area contributed by atoms with E-state index in [0.29, 0.717) is 6.54 Å². The van der Waals surface area contributed by atoms with Crippen molar-refractivity contribution in [2.75, 3.05) is 20.2 Å². The fraction of sp³-hybridized carbons (Fsp3) is 0.571. The largest absolute Gasteiger partial charge is 0.469 e. The summed E-state index contributed by atoms with van der Waals surface area (Å²) in [6.07, 6.45) is 0. The third kappa shape index (κ3) is 4.45. The van der Waals surface area contributed by atoms with E-state index in [1.54, 1.807) is 0 Å². The van der Waals surface area contributed by atoms with Gasteiger partial charge in [-0.15, -0.1) is 0 Å². The Hall–Kier alpha value is -1.42. The number of hydrogen-bond acceptors (Lipinski definition) is 4. The van der Waals surface area contributed by atoms with Crippen LogP contribution in [0.3, 0.4) is 0 Å². The number of nitrogens with zero attached hydrogens (tertiary/aromatic N) is 2. The molecular formula is C14H22N2O2. The second-order valence-corrected chi connectivity index (χ2v) is 4.52. The molecule has 0 amide bonds. The van der Waals surface area contributed by atoms with Crippen molar-refractivity contribution < 1.29 is 9.53 Å². The molecule has 1 unspecified atom stereocenters. The lowest BCUT2D eigenvalue weighted by atomic mass is 10.1. The molecule has 0 radical (unpaired) electrons. The fourth-order valence-electron chi connectivity index (χ4n) is 1.89. The van der Waals surface area contributed by atoms with E-state index in [9.17, 15) is 4.79 Å². The van der Waals surface area contributed by atoms with Gasteiger partial charge in [0.15, 0.2) is 0 Å². The zero-order valence-corrected chi connectivity index (χ0v) is 11.6. The first kappa shape index (κ1) is 14.6. The zero-order valence-electron chi connectivity index (χ0n) is 11.6. The van der Waals surface area contributed by atoms with Gasteiger partial charge >= 0.3 is 5.97 Å². The summed E-state index contributed by atoms with van der Waals surface area (Å²) in [6.45, 7) is 8.30. The molecule has 4 nitrogen and oxygen atoms in total. The third-order valence-corrected chi connectivity index (χ3v) is 2.91. The molecule has 0 spiro atoms. The maximum Gasteiger partial charge on any atom is 0.309 e. The molecule has 0 bridgehead atoms. The quantitative estimate of drug-likeness (QED) is 0.724. The number of aryl methyl sites for hydroxylation is 1. The Balaban J connectivity index is 2.59. The van der Waals surface area contributed by atoms with Crippen molar-refractivity contribution in [3.05, 3.63) is 29.6 Å². The van der Waals surface area contributed by atoms with Crippen LogP contribution in [0, 0.1) is 12.8 Å². The predicted octanol–water partition coefficient (Wildman–Crippen LogP) is 2.02. The van der Waals surface area contributed by atoms with E-state index in [1.807, 2.05) is 32.0 Å². The molecule has 0 saturated carbocycles. The number of methoxy groups -OCH3 is 1. The summed E-state index contributed by atoms with van der Waals surface area (Å²) in [7, 11) is 1.43. The molecule has 0 aromatic carbocycles. The van der Waals surface area contributed by atoms with Gasteiger partial charge in [0.2, 0.25) is 0 Å². The normalized spacial score (nSPS) is 12.5. The minimum absolute atomic E-state index is 0.111. The molecule has 18 heavy (non-hydrogen) atoms. The molecule has 1 heterocycles. The molecule has 0 saturated heterocycles. The summed E-state index contributed by atoms with van der Waals surface area (Å²) < 4.78 is 4.75. The van der Waals surface area contributed by atoms with Crippen LogP contribution in [0.15, 0.2) is 18.2 Å². The van der Waals surface area contributed by atoms with Crippen molar-refractivity contribution in [3.8, 4) is 0 Å². The Morgan fingerprint density at radius 1 is 1.50 bits per heavy atom. The van der Waals surface area contributed by atoms with Gasteiger partial charge in [-0.25, -0.2) is 0 Å². The molecule has 100 valence electrons. The highest BCUT2D eigenvalue weighted by Crippen LogP contribution is 2.07. The summed E-state index contributed by atoms with van der Waals surface area (Å²) in [5.41, 5.74) is 2.05. The van der Waals surface area contributed by atoms with Crippen LogP contribution in [0.5, 0.6) is 0 Å². The number of aromatic nitrogens is 1. The lowest BCUT2D eigenvalue weighted by molar-refractivity contribution is -0.145. The molecule has 0 fully saturated rings. The summed E-state index contributed by atoms with van der Waals surface area (Å²) in [5.74, 6) is -0.273. The fourth-order valence-corrected chi connectivity index (χ4v) is 1.89. The zero-order chi connectivity index (χ0) is 13.5. The van der Waals surface area contributed by atoms with Crippen LogP contribution in [0.4, 0.5) is 0 Å². The standard InChI is InChI=1S/C14H22N2O2/c1-5-16(9-11(2)14(17)18-4)10-13-8-6-7-12(3)15-13/h6-8,11H,5,9-10H2,1-4H3. The SMILES string of the molecule is CCN(Cc1cccc(C)n1)CC(C)C(=O)OC. The van der Waals surface area contributed by atoms with Crippen molar-refractivity contribution in [3.63, 3.8) is 0 Å². The number of carbonyl (C=O) groups excluding carboxylic acids is 1. The first-order chi connectivity index (χ1) is 8.56. The van der Waals surface area contributed by atoms with Crippen molar-refractivity contribution in [2.24, 2.45) is 5.92 Å². The maximum absolute atomic E-state index is 11.4. The van der Waals surface area contributed by atoms with E-state index in [2.05, 4.69) is 16.8 Å². The van der Waals surface area contributed by atoms with E-state index < -0.39 is 0 Å². The van der Waals surface area contributed by atoms with Gasteiger partial charge < -0.3 is 4.74 Å². The first-order valence-electron chi connectivity index (χ1n) is 6.29. The Kier molecular flexibility index (Phi) is 5.78. The monoisotopic (exact) mass is 250 g/mol. The lowest BCUT2D eigenvalue weighted by Gasteiger charge is -2.22. The minimum Gasteiger partial charge on any atom is -0.469 e. The predicted molar refractivity (Wildman–Crippen MR) is 71.1 cm³/mol. The maximum atomic E-state index is 11.4. The Labute approximate surface area is 109 Å². The van der Waals surface area contributed by atoms with Crippen molar-refractivity contribution in [1.82, 2.24) is 9.88 Å². The molecule has 0 aliphatic carbocycles. The number of esters is 1. The van der Waals surface area contributed by atoms with Crippen LogP contribution in [0.1, 0.15) is 25.2 Å². The van der Waals surface area contributed by atoms with Gasteiger partial charge in [-0.3, -0.25) is 14.7 Å². The van der Waals surface area contributed by atoms with Crippen LogP contribution in [-0.2, 0) is 16.1 Å². The second-order valence-electron chi connectivity index (χ2n) is 4.52. The summed E-state index contributed by atoms with van der Waals surface area (Å²) in [6, 6.07) is 6.00. The van der Waals surface area contributed by atoms with E-state index in [-0.39, 0.29) is 11.9 Å². The van der Waals surface area contributed by atoms with Gasteiger partial charge in [-0.1, -0.05) is 19.9 Å².